The van der Waals surface area contributed by atoms with Gasteiger partial charge < -0.3 is 14.6 Å². The molecular formula is C29H25F3N6O4. The average molecular weight is 579 g/mol. The molecule has 0 bridgehead atoms. The molecule has 2 aromatic heterocycles. The van der Waals surface area contributed by atoms with Gasteiger partial charge in [0.2, 0.25) is 5.88 Å². The number of aromatic nitrogens is 4. The molecule has 0 radical (unpaired) electrons. The van der Waals surface area contributed by atoms with Gasteiger partial charge >= 0.3 is 12.4 Å². The Labute approximate surface area is 237 Å². The van der Waals surface area contributed by atoms with Gasteiger partial charge in [0.25, 0.3) is 5.56 Å². The third-order valence-corrected chi connectivity index (χ3v) is 6.26. The number of urea groups is 1. The molecule has 0 atom stereocenters. The fourth-order valence-corrected chi connectivity index (χ4v) is 4.32. The van der Waals surface area contributed by atoms with Crippen LogP contribution in [0.2, 0.25) is 0 Å². The van der Waals surface area contributed by atoms with Gasteiger partial charge in [-0.05, 0) is 65.6 Å². The Balaban J connectivity index is 1.27. The maximum atomic E-state index is 12.9. The molecule has 0 aliphatic rings. The maximum Gasteiger partial charge on any atom is 0.573 e. The van der Waals surface area contributed by atoms with Crippen molar-refractivity contribution in [1.82, 2.24) is 19.5 Å². The number of halogens is 3. The van der Waals surface area contributed by atoms with Gasteiger partial charge in [0, 0.05) is 18.3 Å². The number of hydrogen-bond donors (Lipinski definition) is 2. The number of ether oxygens (including phenoxy) is 1. The van der Waals surface area contributed by atoms with E-state index in [4.69, 9.17) is 4.52 Å². The van der Waals surface area contributed by atoms with E-state index in [1.54, 1.807) is 24.3 Å². The number of anilines is 2. The fourth-order valence-electron chi connectivity index (χ4n) is 4.32. The Morgan fingerprint density at radius 3 is 2.33 bits per heavy atom. The third-order valence-electron chi connectivity index (χ3n) is 6.26. The molecule has 0 saturated heterocycles. The molecule has 0 spiro atoms. The zero-order chi connectivity index (χ0) is 30.0. The minimum Gasteiger partial charge on any atom is -0.406 e. The summed E-state index contributed by atoms with van der Waals surface area (Å²) in [5.74, 6) is 0.184. The van der Waals surface area contributed by atoms with Gasteiger partial charge in [0.15, 0.2) is 5.82 Å². The summed E-state index contributed by atoms with van der Waals surface area (Å²) in [5.41, 5.74) is 3.09. The van der Waals surface area contributed by atoms with E-state index in [-0.39, 0.29) is 28.7 Å². The highest BCUT2D eigenvalue weighted by Crippen LogP contribution is 2.32. The zero-order valence-corrected chi connectivity index (χ0v) is 22.6. The molecule has 5 aromatic rings. The molecule has 0 unspecified atom stereocenters. The van der Waals surface area contributed by atoms with Crippen LogP contribution in [0.5, 0.6) is 5.75 Å². The summed E-state index contributed by atoms with van der Waals surface area (Å²) >= 11 is 0. The van der Waals surface area contributed by atoms with Gasteiger partial charge in [0.05, 0.1) is 5.69 Å². The first kappa shape index (κ1) is 28.2. The summed E-state index contributed by atoms with van der Waals surface area (Å²) in [6.07, 6.45) is -3.35. The van der Waals surface area contributed by atoms with Crippen molar-refractivity contribution in [2.75, 3.05) is 10.6 Å². The van der Waals surface area contributed by atoms with E-state index in [1.165, 1.54) is 42.3 Å². The van der Waals surface area contributed by atoms with Crippen LogP contribution in [0.25, 0.3) is 28.2 Å². The predicted molar refractivity (Wildman–Crippen MR) is 150 cm³/mol. The number of hydrogen-bond acceptors (Lipinski definition) is 6. The van der Waals surface area contributed by atoms with E-state index in [9.17, 15) is 22.8 Å². The minimum atomic E-state index is -4.77. The number of alkyl halides is 3. The molecule has 10 nitrogen and oxygen atoms in total. The lowest BCUT2D eigenvalue weighted by Crippen LogP contribution is -2.20. The lowest BCUT2D eigenvalue weighted by molar-refractivity contribution is -0.274. The van der Waals surface area contributed by atoms with Crippen molar-refractivity contribution in [3.63, 3.8) is 0 Å². The number of nitrogens with one attached hydrogen (secondary N) is 2. The van der Waals surface area contributed by atoms with Gasteiger partial charge in [-0.15, -0.1) is 18.3 Å². The van der Waals surface area contributed by atoms with Crippen LogP contribution in [0.3, 0.4) is 0 Å². The molecule has 3 aromatic carbocycles. The molecular weight excluding hydrogens is 553 g/mol. The van der Waals surface area contributed by atoms with Crippen LogP contribution in [0, 0.1) is 0 Å². The second-order valence-corrected chi connectivity index (χ2v) is 9.55. The quantitative estimate of drug-likeness (QED) is 0.226. The zero-order valence-electron chi connectivity index (χ0n) is 22.6. The Morgan fingerprint density at radius 2 is 1.67 bits per heavy atom. The van der Waals surface area contributed by atoms with Gasteiger partial charge in [-0.2, -0.15) is 4.74 Å². The Morgan fingerprint density at radius 1 is 0.976 bits per heavy atom. The summed E-state index contributed by atoms with van der Waals surface area (Å²) in [6.45, 7) is 4.03. The van der Waals surface area contributed by atoms with Crippen molar-refractivity contribution < 1.29 is 27.2 Å². The van der Waals surface area contributed by atoms with Crippen LogP contribution in [-0.4, -0.2) is 31.9 Å². The van der Waals surface area contributed by atoms with E-state index < -0.39 is 12.4 Å². The highest BCUT2D eigenvalue weighted by molar-refractivity contribution is 6.01. The van der Waals surface area contributed by atoms with Crippen LogP contribution in [0.15, 0.2) is 88.4 Å². The SMILES string of the molecule is CC(C)c1ccccc1-c1c(NC(=O)Nc2ccc(-c3ncn(-c4ccc(OC(F)(F)F)cc4)n3)cc2)on(C)c1=O. The van der Waals surface area contributed by atoms with E-state index in [0.717, 1.165) is 10.3 Å². The van der Waals surface area contributed by atoms with E-state index >= 15 is 0 Å². The summed E-state index contributed by atoms with van der Waals surface area (Å²) < 4.78 is 49.1. The third kappa shape index (κ3) is 6.19. The molecule has 2 amide bonds. The number of carbonyl (C=O) groups is 1. The average Bonchev–Trinajstić information content (AvgIpc) is 3.53. The predicted octanol–water partition coefficient (Wildman–Crippen LogP) is 6.56. The molecule has 2 heterocycles. The molecule has 5 rings (SSSR count). The van der Waals surface area contributed by atoms with Crippen molar-refractivity contribution in [3.05, 3.63) is 95.0 Å². The van der Waals surface area contributed by atoms with Gasteiger partial charge in [0.1, 0.15) is 17.6 Å². The van der Waals surface area contributed by atoms with Gasteiger partial charge in [-0.25, -0.2) is 14.5 Å². The monoisotopic (exact) mass is 578 g/mol. The molecule has 42 heavy (non-hydrogen) atoms. The van der Waals surface area contributed by atoms with E-state index in [2.05, 4.69) is 25.5 Å². The number of benzene rings is 3. The number of amides is 2. The first-order valence-corrected chi connectivity index (χ1v) is 12.7. The van der Waals surface area contributed by atoms with Gasteiger partial charge in [-0.1, -0.05) is 38.1 Å². The minimum absolute atomic E-state index is 0.0254. The lowest BCUT2D eigenvalue weighted by atomic mass is 9.94. The highest BCUT2D eigenvalue weighted by atomic mass is 19.4. The number of rotatable bonds is 7. The first-order valence-electron chi connectivity index (χ1n) is 12.7. The first-order chi connectivity index (χ1) is 20.0. The van der Waals surface area contributed by atoms with Crippen LogP contribution in [0.1, 0.15) is 25.3 Å². The second kappa shape index (κ2) is 11.3. The second-order valence-electron chi connectivity index (χ2n) is 9.55. The number of aryl methyl sites for hydroxylation is 1. The topological polar surface area (TPSA) is 116 Å². The van der Waals surface area contributed by atoms with Crippen molar-refractivity contribution in [2.24, 2.45) is 7.05 Å². The van der Waals surface area contributed by atoms with Crippen LogP contribution < -0.4 is 20.9 Å². The van der Waals surface area contributed by atoms with Crippen molar-refractivity contribution in [3.8, 4) is 34.0 Å². The van der Waals surface area contributed by atoms with Crippen molar-refractivity contribution in [1.29, 1.82) is 0 Å². The largest absolute Gasteiger partial charge is 0.573 e. The summed E-state index contributed by atoms with van der Waals surface area (Å²) in [5, 5.41) is 9.71. The van der Waals surface area contributed by atoms with E-state index in [0.29, 0.717) is 28.3 Å². The number of nitrogens with zero attached hydrogens (tertiary/aromatic N) is 4. The standard InChI is InChI=1S/C29H25F3N6O4/c1-17(2)22-6-4-5-7-23(22)24-26(42-37(3)27(24)39)35-28(40)34-19-10-8-18(9-11-19)25-33-16-38(36-25)20-12-14-21(15-13-20)41-29(30,31)32/h4-17H,1-3H3,(H2,34,35,40). The van der Waals surface area contributed by atoms with Crippen LogP contribution >= 0.6 is 0 Å². The molecule has 0 fully saturated rings. The Kier molecular flexibility index (Phi) is 7.57. The normalized spacial score (nSPS) is 11.5. The van der Waals surface area contributed by atoms with Gasteiger partial charge in [-0.3, -0.25) is 10.1 Å². The summed E-state index contributed by atoms with van der Waals surface area (Å²) in [7, 11) is 1.47. The molecule has 0 aliphatic heterocycles. The smallest absolute Gasteiger partial charge is 0.406 e. The Hall–Kier alpha value is -5.33. The molecule has 2 N–H and O–H groups in total. The van der Waals surface area contributed by atoms with Crippen molar-refractivity contribution in [2.45, 2.75) is 26.1 Å². The van der Waals surface area contributed by atoms with E-state index in [1.807, 2.05) is 38.1 Å². The summed E-state index contributed by atoms with van der Waals surface area (Å²) in [4.78, 5) is 30.0. The highest BCUT2D eigenvalue weighted by Gasteiger charge is 2.31. The molecule has 0 aliphatic carbocycles. The molecule has 216 valence electrons. The lowest BCUT2D eigenvalue weighted by Gasteiger charge is -2.12. The van der Waals surface area contributed by atoms with Crippen molar-refractivity contribution >= 4 is 17.6 Å². The Bertz CT molecular complexity index is 1770. The molecule has 0 saturated carbocycles. The summed E-state index contributed by atoms with van der Waals surface area (Å²) in [6, 6.07) is 18.7. The molecule has 13 heteroatoms. The van der Waals surface area contributed by atoms with Crippen LogP contribution in [-0.2, 0) is 7.05 Å². The number of carbonyl (C=O) groups excluding carboxylic acids is 1. The maximum absolute atomic E-state index is 12.9. The van der Waals surface area contributed by atoms with Crippen LogP contribution in [0.4, 0.5) is 29.5 Å². The fraction of sp³-hybridized carbons (Fsp3) is 0.172.